The van der Waals surface area contributed by atoms with Crippen LogP contribution in [0, 0.1) is 16.7 Å². The lowest BCUT2D eigenvalue weighted by Gasteiger charge is -2.22. The van der Waals surface area contributed by atoms with E-state index in [1.807, 2.05) is 31.8 Å². The molecular weight excluding hydrogens is 402 g/mol. The van der Waals surface area contributed by atoms with E-state index in [4.69, 9.17) is 9.72 Å². The lowest BCUT2D eigenvalue weighted by atomic mass is 9.87. The van der Waals surface area contributed by atoms with Gasteiger partial charge in [-0.05, 0) is 31.0 Å². The minimum Gasteiger partial charge on any atom is -0.381 e. The van der Waals surface area contributed by atoms with Gasteiger partial charge in [-0.15, -0.1) is 0 Å². The molecule has 0 aromatic carbocycles. The summed E-state index contributed by atoms with van der Waals surface area (Å²) < 4.78 is 9.21. The third-order valence-corrected chi connectivity index (χ3v) is 6.78. The van der Waals surface area contributed by atoms with E-state index >= 15 is 0 Å². The molecule has 160 valence electrons. The van der Waals surface area contributed by atoms with Gasteiger partial charge < -0.3 is 9.64 Å². The number of nitrogens with zero attached hydrogens (tertiary/aromatic N) is 7. The second-order valence-electron chi connectivity index (χ2n) is 8.89. The predicted octanol–water partition coefficient (Wildman–Crippen LogP) is 3.29. The van der Waals surface area contributed by atoms with Crippen molar-refractivity contribution in [3.63, 3.8) is 0 Å². The fourth-order valence-electron chi connectivity index (χ4n) is 4.99. The first-order valence-corrected chi connectivity index (χ1v) is 10.8. The average molecular weight is 425 g/mol. The molecule has 4 aromatic rings. The van der Waals surface area contributed by atoms with Crippen LogP contribution in [0.3, 0.4) is 0 Å². The maximum atomic E-state index is 9.62. The largest absolute Gasteiger partial charge is 0.381 e. The fourth-order valence-corrected chi connectivity index (χ4v) is 4.99. The SMILES string of the molecule is Cn1cc(-c2cc(-c3ccc(N4CCC5(CCOC5)C4)nc3)c3c(C#N)cnn3c2)cn1. The molecule has 1 atom stereocenters. The van der Waals surface area contributed by atoms with E-state index in [2.05, 4.69) is 39.4 Å². The van der Waals surface area contributed by atoms with Crippen LogP contribution in [0.1, 0.15) is 18.4 Å². The molecule has 32 heavy (non-hydrogen) atoms. The van der Waals surface area contributed by atoms with E-state index in [1.54, 1.807) is 15.4 Å². The van der Waals surface area contributed by atoms with Crippen LogP contribution in [0.5, 0.6) is 0 Å². The van der Waals surface area contributed by atoms with E-state index < -0.39 is 0 Å². The molecule has 2 aliphatic rings. The Kier molecular flexibility index (Phi) is 4.26. The van der Waals surface area contributed by atoms with Crippen LogP contribution in [0.25, 0.3) is 27.8 Å². The van der Waals surface area contributed by atoms with Crippen molar-refractivity contribution in [2.24, 2.45) is 12.5 Å². The van der Waals surface area contributed by atoms with Crippen molar-refractivity contribution in [1.82, 2.24) is 24.4 Å². The summed E-state index contributed by atoms with van der Waals surface area (Å²) in [5.41, 5.74) is 5.50. The molecule has 4 aromatic heterocycles. The molecule has 2 aliphatic heterocycles. The third-order valence-electron chi connectivity index (χ3n) is 6.78. The van der Waals surface area contributed by atoms with Crippen molar-refractivity contribution >= 4 is 11.3 Å². The second-order valence-corrected chi connectivity index (χ2v) is 8.89. The van der Waals surface area contributed by atoms with E-state index in [0.717, 1.165) is 72.7 Å². The molecule has 0 bridgehead atoms. The molecule has 0 radical (unpaired) electrons. The van der Waals surface area contributed by atoms with Crippen LogP contribution in [-0.2, 0) is 11.8 Å². The number of hydrogen-bond donors (Lipinski definition) is 0. The number of hydrogen-bond acceptors (Lipinski definition) is 6. The van der Waals surface area contributed by atoms with Crippen molar-refractivity contribution in [1.29, 1.82) is 5.26 Å². The van der Waals surface area contributed by atoms with Crippen molar-refractivity contribution in [3.8, 4) is 28.3 Å². The van der Waals surface area contributed by atoms with Crippen LogP contribution in [0.4, 0.5) is 5.82 Å². The van der Waals surface area contributed by atoms with Crippen LogP contribution >= 0.6 is 0 Å². The summed E-state index contributed by atoms with van der Waals surface area (Å²) in [7, 11) is 1.90. The van der Waals surface area contributed by atoms with Gasteiger partial charge >= 0.3 is 0 Å². The van der Waals surface area contributed by atoms with Crippen LogP contribution in [-0.4, -0.2) is 50.7 Å². The number of aromatic nitrogens is 5. The maximum Gasteiger partial charge on any atom is 0.128 e. The van der Waals surface area contributed by atoms with E-state index in [1.165, 1.54) is 0 Å². The first kappa shape index (κ1) is 19.0. The smallest absolute Gasteiger partial charge is 0.128 e. The average Bonchev–Trinajstić information content (AvgIpc) is 3.61. The molecule has 6 rings (SSSR count). The zero-order valence-electron chi connectivity index (χ0n) is 17.9. The molecule has 0 N–H and O–H groups in total. The summed E-state index contributed by atoms with van der Waals surface area (Å²) in [4.78, 5) is 7.16. The van der Waals surface area contributed by atoms with Crippen molar-refractivity contribution in [2.45, 2.75) is 12.8 Å². The highest BCUT2D eigenvalue weighted by molar-refractivity contribution is 5.87. The lowest BCUT2D eigenvalue weighted by Crippen LogP contribution is -2.27. The highest BCUT2D eigenvalue weighted by atomic mass is 16.5. The van der Waals surface area contributed by atoms with E-state index in [0.29, 0.717) is 11.0 Å². The van der Waals surface area contributed by atoms with Gasteiger partial charge in [-0.2, -0.15) is 15.5 Å². The minimum atomic E-state index is 0.295. The second kappa shape index (κ2) is 7.18. The number of anilines is 1. The van der Waals surface area contributed by atoms with Gasteiger partial charge in [-0.25, -0.2) is 9.50 Å². The maximum absolute atomic E-state index is 9.62. The first-order valence-electron chi connectivity index (χ1n) is 10.8. The Morgan fingerprint density at radius 2 is 2.00 bits per heavy atom. The summed E-state index contributed by atoms with van der Waals surface area (Å²) in [5, 5.41) is 18.3. The number of ether oxygens (including phenoxy) is 1. The molecule has 0 aliphatic carbocycles. The molecular formula is C24H23N7O. The van der Waals surface area contributed by atoms with Gasteiger partial charge in [0, 0.05) is 73.0 Å². The number of nitriles is 1. The van der Waals surface area contributed by atoms with Crippen LogP contribution in [0.2, 0.25) is 0 Å². The standard InChI is InChI=1S/C24H23N7O/c1-29-13-20(12-27-29)18-8-21(23-19(9-25)11-28-31(23)14-18)17-2-3-22(26-10-17)30-6-4-24(15-30)5-7-32-16-24/h2-3,8,10-14H,4-7,15-16H2,1H3. The summed E-state index contributed by atoms with van der Waals surface area (Å²) >= 11 is 0. The minimum absolute atomic E-state index is 0.295. The summed E-state index contributed by atoms with van der Waals surface area (Å²) in [6.07, 6.45) is 11.5. The molecule has 8 nitrogen and oxygen atoms in total. The van der Waals surface area contributed by atoms with Gasteiger partial charge in [0.2, 0.25) is 0 Å². The quantitative estimate of drug-likeness (QED) is 0.501. The number of aryl methyl sites for hydroxylation is 1. The Hall–Kier alpha value is -3.70. The van der Waals surface area contributed by atoms with Gasteiger partial charge in [0.25, 0.3) is 0 Å². The Balaban J connectivity index is 1.39. The lowest BCUT2D eigenvalue weighted by molar-refractivity contribution is 0.160. The predicted molar refractivity (Wildman–Crippen MR) is 120 cm³/mol. The van der Waals surface area contributed by atoms with Crippen molar-refractivity contribution in [3.05, 3.63) is 54.7 Å². The monoisotopic (exact) mass is 425 g/mol. The number of fused-ring (bicyclic) bond motifs is 1. The molecule has 0 saturated carbocycles. The van der Waals surface area contributed by atoms with Crippen molar-refractivity contribution < 1.29 is 4.74 Å². The van der Waals surface area contributed by atoms with Gasteiger partial charge in [-0.3, -0.25) is 4.68 Å². The zero-order chi connectivity index (χ0) is 21.7. The summed E-state index contributed by atoms with van der Waals surface area (Å²) in [6, 6.07) is 8.53. The highest BCUT2D eigenvalue weighted by Gasteiger charge is 2.41. The Bertz CT molecular complexity index is 1340. The zero-order valence-corrected chi connectivity index (χ0v) is 17.9. The molecule has 2 saturated heterocycles. The van der Waals surface area contributed by atoms with Crippen molar-refractivity contribution in [2.75, 3.05) is 31.2 Å². The van der Waals surface area contributed by atoms with E-state index in [-0.39, 0.29) is 0 Å². The van der Waals surface area contributed by atoms with Crippen LogP contribution < -0.4 is 4.90 Å². The fraction of sp³-hybridized carbons (Fsp3) is 0.333. The van der Waals surface area contributed by atoms with Crippen LogP contribution in [0.15, 0.2) is 49.2 Å². The number of pyridine rings is 2. The van der Waals surface area contributed by atoms with Gasteiger partial charge in [0.1, 0.15) is 11.9 Å². The molecule has 8 heteroatoms. The molecule has 6 heterocycles. The Morgan fingerprint density at radius 3 is 2.72 bits per heavy atom. The molecule has 1 spiro atoms. The first-order chi connectivity index (χ1) is 15.6. The molecule has 1 unspecified atom stereocenters. The third kappa shape index (κ3) is 3.05. The Labute approximate surface area is 185 Å². The van der Waals surface area contributed by atoms with E-state index in [9.17, 15) is 5.26 Å². The highest BCUT2D eigenvalue weighted by Crippen LogP contribution is 2.40. The molecule has 2 fully saturated rings. The molecule has 0 amide bonds. The topological polar surface area (TPSA) is 84.3 Å². The van der Waals surface area contributed by atoms with Gasteiger partial charge in [-0.1, -0.05) is 0 Å². The summed E-state index contributed by atoms with van der Waals surface area (Å²) in [5.74, 6) is 0.992. The summed E-state index contributed by atoms with van der Waals surface area (Å²) in [6.45, 7) is 3.74. The van der Waals surface area contributed by atoms with Gasteiger partial charge in [0.15, 0.2) is 0 Å². The van der Waals surface area contributed by atoms with Gasteiger partial charge in [0.05, 0.1) is 30.1 Å². The normalized spacial score (nSPS) is 20.4. The number of rotatable bonds is 3. The Morgan fingerprint density at radius 1 is 1.06 bits per heavy atom.